The highest BCUT2D eigenvalue weighted by Gasteiger charge is 2.31. The zero-order chi connectivity index (χ0) is 21.0. The summed E-state index contributed by atoms with van der Waals surface area (Å²) in [7, 11) is 1.86. The van der Waals surface area contributed by atoms with E-state index in [0.717, 1.165) is 0 Å². The molecule has 152 valence electrons. The number of aliphatic imine (C=N–C) groups is 1. The Balaban J connectivity index is 2.06. The lowest BCUT2D eigenvalue weighted by molar-refractivity contribution is -0.105. The monoisotopic (exact) mass is 395 g/mol. The summed E-state index contributed by atoms with van der Waals surface area (Å²) < 4.78 is 6.10. The number of fused-ring (bicyclic) bond motifs is 1. The summed E-state index contributed by atoms with van der Waals surface area (Å²) in [6, 6.07) is 7.62. The molecule has 0 aliphatic carbocycles. The summed E-state index contributed by atoms with van der Waals surface area (Å²) in [4.78, 5) is 18.0. The molecule has 2 unspecified atom stereocenters. The van der Waals surface area contributed by atoms with E-state index in [4.69, 9.17) is 10.5 Å². The Hall–Kier alpha value is -3.19. The average molecular weight is 395 g/mol. The van der Waals surface area contributed by atoms with E-state index >= 15 is 0 Å². The lowest BCUT2D eigenvalue weighted by Crippen LogP contribution is -2.41. The maximum absolute atomic E-state index is 11.4. The smallest absolute Gasteiger partial charge is 0.158 e. The van der Waals surface area contributed by atoms with Crippen LogP contribution in [0, 0.1) is 11.3 Å². The quantitative estimate of drug-likeness (QED) is 0.581. The zero-order valence-corrected chi connectivity index (χ0v) is 16.7. The van der Waals surface area contributed by atoms with Gasteiger partial charge in [0.2, 0.25) is 0 Å². The van der Waals surface area contributed by atoms with Crippen LogP contribution < -0.4 is 26.1 Å². The summed E-state index contributed by atoms with van der Waals surface area (Å²) in [5, 5.41) is 14.4. The molecule has 0 spiro atoms. The van der Waals surface area contributed by atoms with E-state index in [1.54, 1.807) is 29.4 Å². The van der Waals surface area contributed by atoms with Crippen molar-refractivity contribution >= 4 is 17.8 Å². The number of ether oxygens (including phenoxy) is 1. The first-order chi connectivity index (χ1) is 14.0. The lowest BCUT2D eigenvalue weighted by atomic mass is 10.1. The molecule has 0 radical (unpaired) electrons. The fraction of sp³-hybridized carbons (Fsp3) is 0.350. The fourth-order valence-corrected chi connectivity index (χ4v) is 3.32. The van der Waals surface area contributed by atoms with E-state index in [1.807, 2.05) is 31.9 Å². The third-order valence-corrected chi connectivity index (χ3v) is 4.62. The van der Waals surface area contributed by atoms with Gasteiger partial charge in [-0.3, -0.25) is 9.80 Å². The van der Waals surface area contributed by atoms with Gasteiger partial charge in [0.1, 0.15) is 35.6 Å². The van der Waals surface area contributed by atoms with Gasteiger partial charge in [-0.2, -0.15) is 5.26 Å². The van der Waals surface area contributed by atoms with Crippen LogP contribution in [0.25, 0.3) is 0 Å². The molecular formula is C20H25N7O2. The number of nitrogens with one attached hydrogen (secondary N) is 2. The molecule has 29 heavy (non-hydrogen) atoms. The Morgan fingerprint density at radius 2 is 2.34 bits per heavy atom. The van der Waals surface area contributed by atoms with Crippen molar-refractivity contribution in [2.75, 3.05) is 25.0 Å². The molecular weight excluding hydrogens is 370 g/mol. The van der Waals surface area contributed by atoms with Crippen LogP contribution >= 0.6 is 0 Å². The molecule has 2 aliphatic rings. The van der Waals surface area contributed by atoms with Crippen LogP contribution in [0.15, 0.2) is 46.9 Å². The average Bonchev–Trinajstić information content (AvgIpc) is 3.03. The number of hydrogen-bond acceptors (Lipinski definition) is 9. The topological polar surface area (TPSA) is 119 Å². The number of carbonyl (C=O) groups excluding carboxylic acids is 1. The Morgan fingerprint density at radius 1 is 1.55 bits per heavy atom. The van der Waals surface area contributed by atoms with Crippen molar-refractivity contribution in [1.29, 1.82) is 5.26 Å². The number of nitrogens with zero attached hydrogens (tertiary/aromatic N) is 4. The van der Waals surface area contributed by atoms with Gasteiger partial charge in [-0.15, -0.1) is 0 Å². The highest BCUT2D eigenvalue weighted by molar-refractivity contribution is 6.08. The highest BCUT2D eigenvalue weighted by atomic mass is 16.5. The number of nitrogens with two attached hydrogens (primary N) is 1. The van der Waals surface area contributed by atoms with Crippen molar-refractivity contribution in [3.63, 3.8) is 0 Å². The van der Waals surface area contributed by atoms with Crippen molar-refractivity contribution in [2.24, 2.45) is 10.7 Å². The first-order valence-corrected chi connectivity index (χ1v) is 9.43. The molecule has 0 saturated heterocycles. The van der Waals surface area contributed by atoms with Crippen LogP contribution in [0.1, 0.15) is 19.4 Å². The molecule has 2 atom stereocenters. The van der Waals surface area contributed by atoms with E-state index in [9.17, 15) is 10.1 Å². The molecule has 9 nitrogen and oxygen atoms in total. The first kappa shape index (κ1) is 20.5. The Kier molecular flexibility index (Phi) is 6.29. The third-order valence-electron chi connectivity index (χ3n) is 4.62. The summed E-state index contributed by atoms with van der Waals surface area (Å²) in [6.07, 6.45) is 3.57. The van der Waals surface area contributed by atoms with Crippen molar-refractivity contribution in [1.82, 2.24) is 15.8 Å². The standard InChI is InChI=1S/C20H25N7O2/c1-4-26(17-8-9-27-20(24-17)15(12-28)19(22)25-27)18-14(10-21)6-5-7-16(18)29-13(2)11-23-3/h5-9,12-13,19,23,25H,4,11,22H2,1-3H3. The first-order valence-electron chi connectivity index (χ1n) is 9.43. The number of hydrogen-bond donors (Lipinski definition) is 3. The number of aldehydes is 1. The minimum Gasteiger partial charge on any atom is -0.487 e. The molecule has 3 rings (SSSR count). The Morgan fingerprint density at radius 3 is 3.00 bits per heavy atom. The number of benzene rings is 1. The fourth-order valence-electron chi connectivity index (χ4n) is 3.32. The van der Waals surface area contributed by atoms with Crippen molar-refractivity contribution in [3.05, 3.63) is 47.4 Å². The second-order valence-corrected chi connectivity index (χ2v) is 6.65. The molecule has 1 aromatic rings. The van der Waals surface area contributed by atoms with Gasteiger partial charge in [-0.1, -0.05) is 6.07 Å². The summed E-state index contributed by atoms with van der Waals surface area (Å²) >= 11 is 0. The number of anilines is 1. The lowest BCUT2D eigenvalue weighted by Gasteiger charge is -2.30. The van der Waals surface area contributed by atoms with Gasteiger partial charge in [-0.25, -0.2) is 10.4 Å². The normalized spacial score (nSPS) is 18.8. The molecule has 0 saturated carbocycles. The van der Waals surface area contributed by atoms with Crippen LogP contribution in [0.5, 0.6) is 5.75 Å². The Bertz CT molecular complexity index is 916. The van der Waals surface area contributed by atoms with Crippen molar-refractivity contribution in [2.45, 2.75) is 26.1 Å². The zero-order valence-electron chi connectivity index (χ0n) is 16.7. The molecule has 0 amide bonds. The predicted octanol–water partition coefficient (Wildman–Crippen LogP) is 0.813. The predicted molar refractivity (Wildman–Crippen MR) is 111 cm³/mol. The number of rotatable bonds is 7. The second-order valence-electron chi connectivity index (χ2n) is 6.65. The summed E-state index contributed by atoms with van der Waals surface area (Å²) in [5.41, 5.74) is 10.4. The molecule has 0 aromatic heterocycles. The van der Waals surface area contributed by atoms with Crippen molar-refractivity contribution < 1.29 is 9.53 Å². The minimum atomic E-state index is -0.613. The van der Waals surface area contributed by atoms with Crippen LogP contribution in [0.4, 0.5) is 5.69 Å². The van der Waals surface area contributed by atoms with Crippen LogP contribution in [-0.2, 0) is 4.79 Å². The molecule has 9 heteroatoms. The van der Waals surface area contributed by atoms with E-state index in [2.05, 4.69) is 21.8 Å². The van der Waals surface area contributed by atoms with Gasteiger partial charge in [0, 0.05) is 19.3 Å². The number of nitriles is 1. The molecule has 1 aromatic carbocycles. The van der Waals surface area contributed by atoms with Crippen LogP contribution in [0.3, 0.4) is 0 Å². The number of para-hydroxylation sites is 1. The maximum atomic E-state index is 11.4. The van der Waals surface area contributed by atoms with Crippen LogP contribution in [0.2, 0.25) is 0 Å². The molecule has 4 N–H and O–H groups in total. The Labute approximate surface area is 170 Å². The number of hydrazine groups is 1. The van der Waals surface area contributed by atoms with Crippen LogP contribution in [-0.4, -0.2) is 49.5 Å². The third kappa shape index (κ3) is 4.00. The SMILES string of the molecule is CCN(C1=NC2=C(C=O)C(N)NN2C=C1)c1c(C#N)cccc1OC(C)CNC. The van der Waals surface area contributed by atoms with E-state index < -0.39 is 6.17 Å². The number of amidine groups is 1. The van der Waals surface area contributed by atoms with Gasteiger partial charge >= 0.3 is 0 Å². The molecule has 0 bridgehead atoms. The molecule has 0 fully saturated rings. The summed E-state index contributed by atoms with van der Waals surface area (Å²) in [5.74, 6) is 1.63. The van der Waals surface area contributed by atoms with E-state index in [0.29, 0.717) is 53.6 Å². The van der Waals surface area contributed by atoms with Gasteiger partial charge in [0.25, 0.3) is 0 Å². The van der Waals surface area contributed by atoms with Crippen molar-refractivity contribution in [3.8, 4) is 11.8 Å². The molecule has 2 heterocycles. The highest BCUT2D eigenvalue weighted by Crippen LogP contribution is 2.34. The second kappa shape index (κ2) is 8.87. The van der Waals surface area contributed by atoms with Gasteiger partial charge in [-0.05, 0) is 39.1 Å². The largest absolute Gasteiger partial charge is 0.487 e. The minimum absolute atomic E-state index is 0.0906. The van der Waals surface area contributed by atoms with E-state index in [-0.39, 0.29) is 6.10 Å². The number of likely N-dealkylation sites (N-methyl/N-ethyl adjacent to an activating group) is 2. The van der Waals surface area contributed by atoms with Gasteiger partial charge < -0.3 is 20.7 Å². The maximum Gasteiger partial charge on any atom is 0.158 e. The molecule has 2 aliphatic heterocycles. The van der Waals surface area contributed by atoms with Gasteiger partial charge in [0.05, 0.1) is 11.1 Å². The summed E-state index contributed by atoms with van der Waals surface area (Å²) in [6.45, 7) is 5.13. The van der Waals surface area contributed by atoms with Gasteiger partial charge in [0.15, 0.2) is 12.1 Å². The van der Waals surface area contributed by atoms with E-state index in [1.165, 1.54) is 0 Å². The number of carbonyl (C=O) groups is 1.